The number of hydrogen-bond acceptors (Lipinski definition) is 2. The third-order valence-electron chi connectivity index (χ3n) is 8.71. The Morgan fingerprint density at radius 2 is 1.80 bits per heavy atom. The molecule has 0 aliphatic heterocycles. The topological polar surface area (TPSA) is 40.5 Å². The van der Waals surface area contributed by atoms with Gasteiger partial charge in [0, 0.05) is 6.42 Å². The maximum Gasteiger partial charge on any atom is 0.0811 e. The molecule has 0 bridgehead atoms. The maximum absolute atomic E-state index is 10.1. The van der Waals surface area contributed by atoms with Crippen LogP contribution in [0.1, 0.15) is 79.6 Å². The molecule has 0 amide bonds. The molecule has 2 N–H and O–H groups in total. The summed E-state index contributed by atoms with van der Waals surface area (Å²) in [6, 6.07) is 0. The van der Waals surface area contributed by atoms with E-state index in [2.05, 4.69) is 65.5 Å². The van der Waals surface area contributed by atoms with Crippen molar-refractivity contribution < 1.29 is 10.2 Å². The Morgan fingerprint density at radius 3 is 2.50 bits per heavy atom. The van der Waals surface area contributed by atoms with Crippen molar-refractivity contribution in [3.8, 4) is 0 Å². The summed E-state index contributed by atoms with van der Waals surface area (Å²) in [4.78, 5) is 0. The van der Waals surface area contributed by atoms with Gasteiger partial charge in [-0.2, -0.15) is 0 Å². The van der Waals surface area contributed by atoms with Gasteiger partial charge in [0.15, 0.2) is 0 Å². The van der Waals surface area contributed by atoms with Gasteiger partial charge >= 0.3 is 0 Å². The molecule has 2 nitrogen and oxygen atoms in total. The van der Waals surface area contributed by atoms with E-state index in [0.717, 1.165) is 17.1 Å². The van der Waals surface area contributed by atoms with Crippen LogP contribution in [0.4, 0.5) is 0 Å². The predicted octanol–water partition coefficient (Wildman–Crippen LogP) is 6.61. The van der Waals surface area contributed by atoms with E-state index in [1.807, 2.05) is 0 Å². The number of aliphatic hydroxyl groups is 2. The van der Waals surface area contributed by atoms with Gasteiger partial charge in [-0.15, -0.1) is 0 Å². The molecular weight excluding hydrogens is 368 g/mol. The normalized spacial score (nSPS) is 39.8. The van der Waals surface area contributed by atoms with Gasteiger partial charge in [-0.3, -0.25) is 0 Å². The first-order chi connectivity index (χ1) is 14.1. The van der Waals surface area contributed by atoms with Crippen LogP contribution in [0.3, 0.4) is 0 Å². The second-order valence-corrected chi connectivity index (χ2v) is 11.0. The highest BCUT2D eigenvalue weighted by atomic mass is 16.3. The molecule has 0 radical (unpaired) electrons. The lowest BCUT2D eigenvalue weighted by Crippen LogP contribution is -2.35. The zero-order chi connectivity index (χ0) is 22.1. The summed E-state index contributed by atoms with van der Waals surface area (Å²) < 4.78 is 0. The van der Waals surface area contributed by atoms with Gasteiger partial charge < -0.3 is 10.2 Å². The van der Waals surface area contributed by atoms with Crippen molar-refractivity contribution in [1.29, 1.82) is 0 Å². The molecular formula is C28H44O2. The monoisotopic (exact) mass is 412 g/mol. The van der Waals surface area contributed by atoms with E-state index in [0.29, 0.717) is 41.9 Å². The molecule has 0 aromatic rings. The fourth-order valence-corrected chi connectivity index (χ4v) is 6.32. The van der Waals surface area contributed by atoms with Crippen molar-refractivity contribution in [3.05, 3.63) is 47.6 Å². The van der Waals surface area contributed by atoms with Gasteiger partial charge in [-0.25, -0.2) is 0 Å². The minimum atomic E-state index is -0.605. The summed E-state index contributed by atoms with van der Waals surface area (Å²) >= 11 is 0. The lowest BCUT2D eigenvalue weighted by Gasteiger charge is -2.44. The first-order valence-electron chi connectivity index (χ1n) is 12.3. The zero-order valence-corrected chi connectivity index (χ0v) is 19.9. The SMILES string of the molecule is C=C1/C(=C\C=C2/CCC[C@]3(C)[C@@H]2CC[C@@H]3[C@H](C)/C=C/[C@H](C)C(C)C)C[C@H](O)C[C@H]1O. The zero-order valence-electron chi connectivity index (χ0n) is 19.9. The number of allylic oxidation sites excluding steroid dienone is 5. The number of hydrogen-bond donors (Lipinski definition) is 2. The molecule has 3 aliphatic carbocycles. The summed E-state index contributed by atoms with van der Waals surface area (Å²) in [6.07, 6.45) is 15.8. The second kappa shape index (κ2) is 9.57. The Hall–Kier alpha value is -1.12. The van der Waals surface area contributed by atoms with Crippen molar-refractivity contribution >= 4 is 0 Å². The van der Waals surface area contributed by atoms with Crippen LogP contribution in [0.5, 0.6) is 0 Å². The molecule has 3 rings (SSSR count). The average Bonchev–Trinajstić information content (AvgIpc) is 3.04. The Morgan fingerprint density at radius 1 is 1.07 bits per heavy atom. The lowest BCUT2D eigenvalue weighted by molar-refractivity contribution is 0.0862. The Kier molecular flexibility index (Phi) is 7.51. The maximum atomic E-state index is 10.1. The van der Waals surface area contributed by atoms with Gasteiger partial charge in [0.1, 0.15) is 0 Å². The van der Waals surface area contributed by atoms with Crippen LogP contribution < -0.4 is 0 Å². The largest absolute Gasteiger partial charge is 0.393 e. The molecule has 3 aliphatic rings. The van der Waals surface area contributed by atoms with Crippen LogP contribution in [0, 0.1) is 35.0 Å². The van der Waals surface area contributed by atoms with Crippen molar-refractivity contribution in [2.75, 3.05) is 0 Å². The van der Waals surface area contributed by atoms with Crippen LogP contribution in [0.15, 0.2) is 47.6 Å². The molecule has 7 atom stereocenters. The first-order valence-corrected chi connectivity index (χ1v) is 12.3. The predicted molar refractivity (Wildman–Crippen MR) is 127 cm³/mol. The van der Waals surface area contributed by atoms with Crippen LogP contribution in [-0.2, 0) is 0 Å². The van der Waals surface area contributed by atoms with E-state index in [9.17, 15) is 10.2 Å². The standard InChI is InChI=1S/C28H44O2/c1-18(2)19(3)9-10-20(4)25-13-14-26-22(8-7-15-28(25,26)6)11-12-23-16-24(29)17-27(30)21(23)5/h9-12,18-20,24-27,29-30H,5,7-8,13-17H2,1-4,6H3/b10-9+,22-11+,23-12-/t19-,20+,24-,25+,26+,27+,28-/m0/s1. The molecule has 2 heteroatoms. The van der Waals surface area contributed by atoms with Crippen LogP contribution in [0.2, 0.25) is 0 Å². The van der Waals surface area contributed by atoms with Crippen molar-refractivity contribution in [2.45, 2.75) is 91.8 Å². The molecule has 0 heterocycles. The molecule has 0 saturated heterocycles. The smallest absolute Gasteiger partial charge is 0.0811 e. The van der Waals surface area contributed by atoms with E-state index in [4.69, 9.17) is 0 Å². The fourth-order valence-electron chi connectivity index (χ4n) is 6.32. The third kappa shape index (κ3) is 4.86. The van der Waals surface area contributed by atoms with Crippen LogP contribution in [0.25, 0.3) is 0 Å². The minimum absolute atomic E-state index is 0.385. The van der Waals surface area contributed by atoms with E-state index >= 15 is 0 Å². The summed E-state index contributed by atoms with van der Waals surface area (Å²) in [5.41, 5.74) is 3.77. The second-order valence-electron chi connectivity index (χ2n) is 11.0. The highest BCUT2D eigenvalue weighted by Crippen LogP contribution is 2.59. The molecule has 3 saturated carbocycles. The van der Waals surface area contributed by atoms with E-state index in [-0.39, 0.29) is 0 Å². The quantitative estimate of drug-likeness (QED) is 0.499. The fraction of sp³-hybridized carbons (Fsp3) is 0.714. The third-order valence-corrected chi connectivity index (χ3v) is 8.71. The van der Waals surface area contributed by atoms with Crippen molar-refractivity contribution in [2.24, 2.45) is 35.0 Å². The van der Waals surface area contributed by atoms with Crippen molar-refractivity contribution in [3.63, 3.8) is 0 Å². The average molecular weight is 413 g/mol. The van der Waals surface area contributed by atoms with Gasteiger partial charge in [0.25, 0.3) is 0 Å². The van der Waals surface area contributed by atoms with Gasteiger partial charge in [-0.1, -0.05) is 71.1 Å². The summed E-state index contributed by atoms with van der Waals surface area (Å²) in [7, 11) is 0. The van der Waals surface area contributed by atoms with E-state index < -0.39 is 12.2 Å². The van der Waals surface area contributed by atoms with Gasteiger partial charge in [0.2, 0.25) is 0 Å². The van der Waals surface area contributed by atoms with Gasteiger partial charge in [0.05, 0.1) is 12.2 Å². The van der Waals surface area contributed by atoms with Crippen LogP contribution in [-0.4, -0.2) is 22.4 Å². The van der Waals surface area contributed by atoms with Crippen molar-refractivity contribution in [1.82, 2.24) is 0 Å². The van der Waals surface area contributed by atoms with Crippen LogP contribution >= 0.6 is 0 Å². The number of rotatable bonds is 5. The Balaban J connectivity index is 1.76. The van der Waals surface area contributed by atoms with E-state index in [1.165, 1.54) is 32.1 Å². The summed E-state index contributed by atoms with van der Waals surface area (Å²) in [5, 5.41) is 20.2. The molecule has 30 heavy (non-hydrogen) atoms. The Labute approximate surface area is 184 Å². The first kappa shape index (κ1) is 23.5. The highest BCUT2D eigenvalue weighted by molar-refractivity contribution is 5.38. The number of fused-ring (bicyclic) bond motifs is 1. The molecule has 0 unspecified atom stereocenters. The molecule has 168 valence electrons. The minimum Gasteiger partial charge on any atom is -0.393 e. The molecule has 0 aromatic heterocycles. The molecule has 3 fully saturated rings. The van der Waals surface area contributed by atoms with E-state index in [1.54, 1.807) is 5.57 Å². The lowest BCUT2D eigenvalue weighted by atomic mass is 9.61. The number of aliphatic hydroxyl groups excluding tert-OH is 2. The van der Waals surface area contributed by atoms with Gasteiger partial charge in [-0.05, 0) is 84.7 Å². The Bertz CT molecular complexity index is 712. The summed E-state index contributed by atoms with van der Waals surface area (Å²) in [6.45, 7) is 16.0. The highest BCUT2D eigenvalue weighted by Gasteiger charge is 2.50. The molecule has 0 aromatic carbocycles. The molecule has 0 spiro atoms. The summed E-state index contributed by atoms with van der Waals surface area (Å²) in [5.74, 6) is 3.38.